The summed E-state index contributed by atoms with van der Waals surface area (Å²) in [6.07, 6.45) is -0.323. The number of hydrogen-bond acceptors (Lipinski definition) is 5. The fraction of sp³-hybridized carbons (Fsp3) is 0.250. The Bertz CT molecular complexity index is 1420. The van der Waals surface area contributed by atoms with Gasteiger partial charge in [-0.25, -0.2) is 4.68 Å². The predicted octanol–water partition coefficient (Wildman–Crippen LogP) is 4.13. The number of nitrogens with zero attached hydrogens (tertiary/aromatic N) is 6. The smallest absolute Gasteiger partial charge is 0.366 e. The molecule has 4 aromatic rings. The average Bonchev–Trinajstić information content (AvgIpc) is 3.24. The highest BCUT2D eigenvalue weighted by Gasteiger charge is 2.36. The van der Waals surface area contributed by atoms with Gasteiger partial charge < -0.3 is 9.80 Å². The number of aryl methyl sites for hydroxylation is 1. The third-order valence-electron chi connectivity index (χ3n) is 6.10. The normalized spacial score (nSPS) is 14.7. The highest BCUT2D eigenvalue weighted by atomic mass is 19.4. The van der Waals surface area contributed by atoms with Crippen molar-refractivity contribution in [3.05, 3.63) is 66.5 Å². The van der Waals surface area contributed by atoms with Crippen LogP contribution in [0.25, 0.3) is 27.5 Å². The third kappa shape index (κ3) is 3.74. The zero-order valence-corrected chi connectivity index (χ0v) is 18.4. The van der Waals surface area contributed by atoms with Crippen LogP contribution in [0.1, 0.15) is 11.1 Å². The molecule has 0 spiro atoms. The zero-order chi connectivity index (χ0) is 24.0. The number of benzene rings is 2. The lowest BCUT2D eigenvalue weighted by molar-refractivity contribution is -0.137. The van der Waals surface area contributed by atoms with Gasteiger partial charge in [-0.1, -0.05) is 18.2 Å². The van der Waals surface area contributed by atoms with E-state index in [2.05, 4.69) is 21.9 Å². The Hall–Kier alpha value is -3.95. The Morgan fingerprint density at radius 1 is 1.06 bits per heavy atom. The van der Waals surface area contributed by atoms with Gasteiger partial charge in [-0.3, -0.25) is 4.79 Å². The van der Waals surface area contributed by atoms with Crippen molar-refractivity contribution in [1.29, 1.82) is 0 Å². The van der Waals surface area contributed by atoms with Crippen molar-refractivity contribution >= 4 is 33.4 Å². The minimum Gasteiger partial charge on any atom is -0.366 e. The van der Waals surface area contributed by atoms with Crippen LogP contribution in [-0.2, 0) is 11.0 Å². The van der Waals surface area contributed by atoms with Gasteiger partial charge in [0, 0.05) is 37.0 Å². The van der Waals surface area contributed by atoms with Gasteiger partial charge in [0.15, 0.2) is 0 Å². The van der Waals surface area contributed by atoms with Crippen LogP contribution in [0.3, 0.4) is 0 Å². The molecular formula is C24H21F3N6O. The molecule has 0 bridgehead atoms. The van der Waals surface area contributed by atoms with Crippen LogP contribution >= 0.6 is 0 Å². The van der Waals surface area contributed by atoms with E-state index in [1.165, 1.54) is 23.0 Å². The molecule has 0 unspecified atom stereocenters. The third-order valence-corrected chi connectivity index (χ3v) is 6.10. The van der Waals surface area contributed by atoms with Gasteiger partial charge in [0.25, 0.3) is 0 Å². The van der Waals surface area contributed by atoms with Crippen molar-refractivity contribution in [3.63, 3.8) is 0 Å². The van der Waals surface area contributed by atoms with Crippen molar-refractivity contribution in [2.45, 2.75) is 13.1 Å². The topological polar surface area (TPSA) is 67.2 Å². The second kappa shape index (κ2) is 8.12. The molecule has 174 valence electrons. The molecular weight excluding hydrogens is 445 g/mol. The van der Waals surface area contributed by atoms with Crippen LogP contribution in [0.2, 0.25) is 0 Å². The molecule has 0 saturated carbocycles. The fourth-order valence-corrected chi connectivity index (χ4v) is 4.38. The maximum Gasteiger partial charge on any atom is 0.418 e. The highest BCUT2D eigenvalue weighted by molar-refractivity contribution is 5.94. The number of rotatable bonds is 3. The first kappa shape index (κ1) is 21.9. The van der Waals surface area contributed by atoms with Crippen LogP contribution in [0, 0.1) is 6.92 Å². The van der Waals surface area contributed by atoms with Gasteiger partial charge in [0.05, 0.1) is 40.4 Å². The number of hydrogen-bond donors (Lipinski definition) is 0. The van der Waals surface area contributed by atoms with Gasteiger partial charge in [0.1, 0.15) is 0 Å². The standard InChI is InChI=1S/C24H21F3N6O/c1-3-23(34)32-8-6-31(7-9-32)22-14-28-30-19-12-21(18(11-17(19)22)24(25,26)27)33-20-5-4-15(2)10-16(20)13-29-33/h3-5,10-14H,1,6-9H2,2H3. The second-order valence-electron chi connectivity index (χ2n) is 8.25. The van der Waals surface area contributed by atoms with E-state index in [9.17, 15) is 18.0 Å². The molecule has 1 aliphatic rings. The van der Waals surface area contributed by atoms with Crippen molar-refractivity contribution in [3.8, 4) is 5.69 Å². The summed E-state index contributed by atoms with van der Waals surface area (Å²) in [4.78, 5) is 15.5. The lowest BCUT2D eigenvalue weighted by atomic mass is 10.1. The van der Waals surface area contributed by atoms with Crippen LogP contribution in [0.4, 0.5) is 18.9 Å². The molecule has 3 heterocycles. The number of anilines is 1. The van der Waals surface area contributed by atoms with Crippen molar-refractivity contribution in [1.82, 2.24) is 24.9 Å². The van der Waals surface area contributed by atoms with E-state index in [0.717, 1.165) is 17.0 Å². The summed E-state index contributed by atoms with van der Waals surface area (Å²) < 4.78 is 44.0. The molecule has 0 radical (unpaired) electrons. The summed E-state index contributed by atoms with van der Waals surface area (Å²) in [6, 6.07) is 7.98. The van der Waals surface area contributed by atoms with Gasteiger partial charge in [0.2, 0.25) is 5.91 Å². The van der Waals surface area contributed by atoms with Crippen LogP contribution in [-0.4, -0.2) is 57.0 Å². The molecule has 1 amide bonds. The molecule has 0 aliphatic carbocycles. The van der Waals surface area contributed by atoms with Gasteiger partial charge in [-0.05, 0) is 37.3 Å². The molecule has 5 rings (SSSR count). The maximum absolute atomic E-state index is 14.2. The molecule has 34 heavy (non-hydrogen) atoms. The van der Waals surface area contributed by atoms with E-state index in [1.54, 1.807) is 17.2 Å². The second-order valence-corrected chi connectivity index (χ2v) is 8.25. The van der Waals surface area contributed by atoms with E-state index in [1.807, 2.05) is 24.0 Å². The summed E-state index contributed by atoms with van der Waals surface area (Å²) in [5.74, 6) is -0.164. The Balaban J connectivity index is 1.62. The van der Waals surface area contributed by atoms with Gasteiger partial charge in [-0.15, -0.1) is 0 Å². The summed E-state index contributed by atoms with van der Waals surface area (Å²) in [6.45, 7) is 7.23. The number of halogens is 3. The van der Waals surface area contributed by atoms with Gasteiger partial charge >= 0.3 is 6.18 Å². The maximum atomic E-state index is 14.2. The van der Waals surface area contributed by atoms with Gasteiger partial charge in [-0.2, -0.15) is 28.5 Å². The Labute approximate surface area is 193 Å². The first-order valence-electron chi connectivity index (χ1n) is 10.7. The lowest BCUT2D eigenvalue weighted by Crippen LogP contribution is -2.48. The molecule has 10 heteroatoms. The number of carbonyl (C=O) groups excluding carboxylic acids is 1. The Morgan fingerprint density at radius 3 is 2.53 bits per heavy atom. The van der Waals surface area contributed by atoms with E-state index in [4.69, 9.17) is 0 Å². The molecule has 2 aromatic heterocycles. The summed E-state index contributed by atoms with van der Waals surface area (Å²) in [7, 11) is 0. The van der Waals surface area contributed by atoms with Crippen molar-refractivity contribution in [2.24, 2.45) is 0 Å². The molecule has 1 aliphatic heterocycles. The van der Waals surface area contributed by atoms with E-state index in [-0.39, 0.29) is 11.6 Å². The summed E-state index contributed by atoms with van der Waals surface area (Å²) >= 11 is 0. The fourth-order valence-electron chi connectivity index (χ4n) is 4.38. The van der Waals surface area contributed by atoms with Crippen LogP contribution in [0.5, 0.6) is 0 Å². The molecule has 2 aromatic carbocycles. The lowest BCUT2D eigenvalue weighted by Gasteiger charge is -2.36. The first-order valence-corrected chi connectivity index (χ1v) is 10.7. The van der Waals surface area contributed by atoms with Crippen molar-refractivity contribution < 1.29 is 18.0 Å². The monoisotopic (exact) mass is 466 g/mol. The van der Waals surface area contributed by atoms with Crippen LogP contribution in [0.15, 0.2) is 55.4 Å². The minimum absolute atomic E-state index is 0.105. The Morgan fingerprint density at radius 2 is 1.82 bits per heavy atom. The average molecular weight is 466 g/mol. The number of amides is 1. The van der Waals surface area contributed by atoms with E-state index < -0.39 is 11.7 Å². The van der Waals surface area contributed by atoms with Crippen molar-refractivity contribution in [2.75, 3.05) is 31.1 Å². The predicted molar refractivity (Wildman–Crippen MR) is 123 cm³/mol. The number of fused-ring (bicyclic) bond motifs is 2. The first-order chi connectivity index (χ1) is 16.3. The molecule has 1 saturated heterocycles. The minimum atomic E-state index is -4.61. The quantitative estimate of drug-likeness (QED) is 0.425. The molecule has 1 fully saturated rings. The van der Waals surface area contributed by atoms with E-state index >= 15 is 0 Å². The summed E-state index contributed by atoms with van der Waals surface area (Å²) in [5, 5.41) is 13.5. The largest absolute Gasteiger partial charge is 0.418 e. The Kier molecular flexibility index (Phi) is 5.22. The SMILES string of the molecule is C=CC(=O)N1CCN(c2cnnc3cc(-n4ncc5cc(C)ccc54)c(C(F)(F)F)cc23)CC1. The molecule has 7 nitrogen and oxygen atoms in total. The van der Waals surface area contributed by atoms with E-state index in [0.29, 0.717) is 48.3 Å². The number of piperazine rings is 1. The molecule has 0 N–H and O–H groups in total. The zero-order valence-electron chi connectivity index (χ0n) is 18.4. The number of alkyl halides is 3. The van der Waals surface area contributed by atoms with Crippen LogP contribution < -0.4 is 4.90 Å². The summed E-state index contributed by atoms with van der Waals surface area (Å²) in [5.41, 5.74) is 1.54. The number of carbonyl (C=O) groups is 1. The molecule has 0 atom stereocenters. The highest BCUT2D eigenvalue weighted by Crippen LogP contribution is 2.39. The number of aromatic nitrogens is 4.